The summed E-state index contributed by atoms with van der Waals surface area (Å²) in [5.74, 6) is 1.86. The lowest BCUT2D eigenvalue weighted by molar-refractivity contribution is -0.191. The molecule has 0 heterocycles. The minimum Gasteiger partial charge on any atom is -0.493 e. The molecule has 0 aliphatic rings. The monoisotopic (exact) mass is 388 g/mol. The van der Waals surface area contributed by atoms with E-state index in [-0.39, 0.29) is 12.1 Å². The molecule has 150 valence electrons. The first-order chi connectivity index (χ1) is 13.5. The highest BCUT2D eigenvalue weighted by atomic mass is 16.5. The van der Waals surface area contributed by atoms with Crippen LogP contribution in [0.3, 0.4) is 0 Å². The predicted molar refractivity (Wildman–Crippen MR) is 101 cm³/mol. The number of esters is 1. The van der Waals surface area contributed by atoms with Gasteiger partial charge in [0.2, 0.25) is 0 Å². The van der Waals surface area contributed by atoms with E-state index in [0.29, 0.717) is 18.8 Å². The fraction of sp³-hybridized carbons (Fsp3) is 0.333. The average Bonchev–Trinajstić information content (AvgIpc) is 2.69. The van der Waals surface area contributed by atoms with Gasteiger partial charge in [-0.15, -0.1) is 0 Å². The lowest BCUT2D eigenvalue weighted by Gasteiger charge is -2.12. The van der Waals surface area contributed by atoms with Gasteiger partial charge in [-0.2, -0.15) is 9.59 Å². The molecule has 2 aromatic rings. The van der Waals surface area contributed by atoms with Gasteiger partial charge in [0.15, 0.2) is 11.5 Å². The largest absolute Gasteiger partial charge is 0.493 e. The zero-order chi connectivity index (χ0) is 20.9. The van der Waals surface area contributed by atoms with E-state index in [9.17, 15) is 4.79 Å². The minimum atomic E-state index is -0.352. The Morgan fingerprint density at radius 2 is 1.50 bits per heavy atom. The Morgan fingerprint density at radius 1 is 0.893 bits per heavy atom. The molecule has 0 amide bonds. The summed E-state index contributed by atoms with van der Waals surface area (Å²) in [7, 11) is 3.00. The number of carbonyl (C=O) groups is 1. The van der Waals surface area contributed by atoms with Crippen LogP contribution < -0.4 is 14.2 Å². The topological polar surface area (TPSA) is 88.1 Å². The van der Waals surface area contributed by atoms with Gasteiger partial charge in [0.1, 0.15) is 5.75 Å². The van der Waals surface area contributed by atoms with Gasteiger partial charge in [-0.25, -0.2) is 4.79 Å². The van der Waals surface area contributed by atoms with E-state index in [1.807, 2.05) is 32.0 Å². The van der Waals surface area contributed by atoms with Crippen LogP contribution >= 0.6 is 0 Å². The van der Waals surface area contributed by atoms with Crippen LogP contribution in [0.5, 0.6) is 17.2 Å². The van der Waals surface area contributed by atoms with Crippen LogP contribution in [0.4, 0.5) is 0 Å². The maximum atomic E-state index is 11.5. The second-order valence-corrected chi connectivity index (χ2v) is 5.76. The molecule has 0 fully saturated rings. The molecular weight excluding hydrogens is 364 g/mol. The second kappa shape index (κ2) is 12.1. The number of ether oxygens (including phenoxy) is 4. The Morgan fingerprint density at radius 3 is 2.07 bits per heavy atom. The molecular formula is C21H24O7. The molecule has 0 saturated heterocycles. The van der Waals surface area contributed by atoms with E-state index in [1.165, 1.54) is 7.11 Å². The molecule has 2 rings (SSSR count). The van der Waals surface area contributed by atoms with Crippen molar-refractivity contribution in [2.45, 2.75) is 20.3 Å². The molecule has 7 nitrogen and oxygen atoms in total. The molecule has 0 spiro atoms. The van der Waals surface area contributed by atoms with Crippen LogP contribution in [0.25, 0.3) is 0 Å². The second-order valence-electron chi connectivity index (χ2n) is 5.76. The third-order valence-corrected chi connectivity index (χ3v) is 3.72. The van der Waals surface area contributed by atoms with Crippen LogP contribution in [0.15, 0.2) is 36.4 Å². The van der Waals surface area contributed by atoms with E-state index in [2.05, 4.69) is 0 Å². The summed E-state index contributed by atoms with van der Waals surface area (Å²) in [6.07, 6.45) is 0.981. The predicted octanol–water partition coefficient (Wildman–Crippen LogP) is 3.36. The molecule has 0 aliphatic carbocycles. The normalized spacial score (nSPS) is 9.43. The number of rotatable bonds is 8. The summed E-state index contributed by atoms with van der Waals surface area (Å²) in [6, 6.07) is 11.1. The first kappa shape index (κ1) is 22.7. The van der Waals surface area contributed by atoms with Crippen molar-refractivity contribution in [3.05, 3.63) is 53.1 Å². The molecule has 0 bridgehead atoms. The Balaban J connectivity index is 0.00000122. The van der Waals surface area contributed by atoms with Crippen LogP contribution in [0, 0.1) is 13.8 Å². The maximum absolute atomic E-state index is 11.5. The number of carbonyl (C=O) groups excluding carboxylic acids is 3. The number of methoxy groups -OCH3 is 2. The van der Waals surface area contributed by atoms with Crippen molar-refractivity contribution in [3.63, 3.8) is 0 Å². The van der Waals surface area contributed by atoms with Crippen LogP contribution in [0.1, 0.15) is 27.9 Å². The molecule has 0 atom stereocenters. The highest BCUT2D eigenvalue weighted by Gasteiger charge is 2.08. The van der Waals surface area contributed by atoms with Crippen molar-refractivity contribution >= 4 is 12.1 Å². The molecule has 7 heteroatoms. The van der Waals surface area contributed by atoms with E-state index in [0.717, 1.165) is 34.8 Å². The standard InChI is InChI=1S/C20H24O5.CO2/c1-14-6-8-18(19(12-14)22-3)25-11-5-10-24-17-9-7-16(13-15(17)2)20(21)23-4;2-1-3/h6-9,12-13H,5,10-11H2,1-4H3;. The Bertz CT molecular complexity index is 808. The van der Waals surface area contributed by atoms with Gasteiger partial charge in [-0.05, 0) is 55.3 Å². The van der Waals surface area contributed by atoms with Gasteiger partial charge < -0.3 is 18.9 Å². The van der Waals surface area contributed by atoms with Crippen molar-refractivity contribution in [1.82, 2.24) is 0 Å². The molecule has 2 aromatic carbocycles. The highest BCUT2D eigenvalue weighted by Crippen LogP contribution is 2.27. The van der Waals surface area contributed by atoms with Crippen LogP contribution in [0.2, 0.25) is 0 Å². The van der Waals surface area contributed by atoms with Gasteiger partial charge in [0.25, 0.3) is 0 Å². The Hall–Kier alpha value is -3.31. The summed E-state index contributed by atoms with van der Waals surface area (Å²) in [5, 5.41) is 0. The van der Waals surface area contributed by atoms with Crippen molar-refractivity contribution in [2.24, 2.45) is 0 Å². The Kier molecular flexibility index (Phi) is 9.86. The van der Waals surface area contributed by atoms with Gasteiger partial charge >= 0.3 is 12.1 Å². The van der Waals surface area contributed by atoms with Crippen LogP contribution in [-0.2, 0) is 14.3 Å². The first-order valence-electron chi connectivity index (χ1n) is 8.55. The van der Waals surface area contributed by atoms with E-state index in [1.54, 1.807) is 25.3 Å². The molecule has 0 N–H and O–H groups in total. The molecule has 0 saturated carbocycles. The van der Waals surface area contributed by atoms with Crippen LogP contribution in [-0.4, -0.2) is 39.6 Å². The quantitative estimate of drug-likeness (QED) is 0.506. The van der Waals surface area contributed by atoms with E-state index >= 15 is 0 Å². The molecule has 0 aromatic heterocycles. The smallest absolute Gasteiger partial charge is 0.373 e. The first-order valence-corrected chi connectivity index (χ1v) is 8.55. The Labute approximate surface area is 164 Å². The van der Waals surface area contributed by atoms with Gasteiger partial charge in [-0.3, -0.25) is 0 Å². The van der Waals surface area contributed by atoms with Crippen molar-refractivity contribution in [1.29, 1.82) is 0 Å². The third-order valence-electron chi connectivity index (χ3n) is 3.72. The minimum absolute atomic E-state index is 0.250. The summed E-state index contributed by atoms with van der Waals surface area (Å²) in [6.45, 7) is 4.95. The van der Waals surface area contributed by atoms with Gasteiger partial charge in [0, 0.05) is 6.42 Å². The van der Waals surface area contributed by atoms with Gasteiger partial charge in [-0.1, -0.05) is 6.07 Å². The average molecular weight is 388 g/mol. The summed E-state index contributed by atoms with van der Waals surface area (Å²) < 4.78 is 21.5. The summed E-state index contributed by atoms with van der Waals surface area (Å²) in [5.41, 5.74) is 2.53. The maximum Gasteiger partial charge on any atom is 0.373 e. The molecule has 0 aliphatic heterocycles. The van der Waals surface area contributed by atoms with E-state index in [4.69, 9.17) is 28.5 Å². The third kappa shape index (κ3) is 7.13. The number of hydrogen-bond donors (Lipinski definition) is 0. The summed E-state index contributed by atoms with van der Waals surface area (Å²) in [4.78, 5) is 27.7. The van der Waals surface area contributed by atoms with E-state index < -0.39 is 0 Å². The van der Waals surface area contributed by atoms with Gasteiger partial charge in [0.05, 0.1) is 33.0 Å². The number of aryl methyl sites for hydroxylation is 2. The number of hydrogen-bond acceptors (Lipinski definition) is 7. The fourth-order valence-corrected chi connectivity index (χ4v) is 2.37. The highest BCUT2D eigenvalue weighted by molar-refractivity contribution is 5.89. The molecule has 0 unspecified atom stereocenters. The van der Waals surface area contributed by atoms with Crippen molar-refractivity contribution in [3.8, 4) is 17.2 Å². The number of benzene rings is 2. The zero-order valence-electron chi connectivity index (χ0n) is 16.4. The molecule has 0 radical (unpaired) electrons. The summed E-state index contributed by atoms with van der Waals surface area (Å²) >= 11 is 0. The fourth-order valence-electron chi connectivity index (χ4n) is 2.37. The zero-order valence-corrected chi connectivity index (χ0v) is 16.4. The lowest BCUT2D eigenvalue weighted by Crippen LogP contribution is -2.07. The molecule has 28 heavy (non-hydrogen) atoms. The SMILES string of the molecule is COC(=O)c1ccc(OCCCOc2ccc(C)cc2OC)c(C)c1.O=C=O. The van der Waals surface area contributed by atoms with Crippen molar-refractivity contribution in [2.75, 3.05) is 27.4 Å². The lowest BCUT2D eigenvalue weighted by atomic mass is 10.1. The van der Waals surface area contributed by atoms with Crippen molar-refractivity contribution < 1.29 is 33.3 Å².